The topological polar surface area (TPSA) is 20.2 Å². The van der Waals surface area contributed by atoms with Crippen molar-refractivity contribution < 1.29 is 97.3 Å². The van der Waals surface area contributed by atoms with Gasteiger partial charge < -0.3 is 5.11 Å². The Labute approximate surface area is 327 Å². The molecule has 59 heavy (non-hydrogen) atoms. The van der Waals surface area contributed by atoms with Crippen molar-refractivity contribution in [3.05, 3.63) is 29.8 Å². The summed E-state index contributed by atoms with van der Waals surface area (Å²) >= 11 is 0. The molecule has 0 atom stereocenters. The average molecular weight is 907 g/mol. The summed E-state index contributed by atoms with van der Waals surface area (Å²) in [5.74, 6) is -1.36. The number of hydrogen-bond donors (Lipinski definition) is 1. The van der Waals surface area contributed by atoms with Crippen molar-refractivity contribution in [2.75, 3.05) is 140 Å². The maximum absolute atomic E-state index is 16.3. The van der Waals surface area contributed by atoms with E-state index in [0.717, 1.165) is 12.1 Å². The molecule has 0 spiro atoms. The molecule has 22 heteroatoms. The molecule has 0 fully saturated rings. The lowest BCUT2D eigenvalue weighted by atomic mass is 9.31. The van der Waals surface area contributed by atoms with E-state index in [-0.39, 0.29) is 0 Å². The maximum Gasteiger partial charge on any atom is 0.119 e. The fourth-order valence-electron chi connectivity index (χ4n) is 10.2. The summed E-state index contributed by atoms with van der Waals surface area (Å²) < 4.78 is 331. The van der Waals surface area contributed by atoms with Gasteiger partial charge in [-0.2, -0.15) is 0 Å². The van der Waals surface area contributed by atoms with Crippen LogP contribution in [0.15, 0.2) is 24.3 Å². The zero-order valence-corrected chi connectivity index (χ0v) is 31.5. The lowest BCUT2D eigenvalue weighted by molar-refractivity contribution is -0.331. The fourth-order valence-corrected chi connectivity index (χ4v) is 10.2. The Balaban J connectivity index is 5.26. The normalized spacial score (nSPS) is 14.7. The molecule has 0 amide bonds. The quantitative estimate of drug-likeness (QED) is 0.0736. The zero-order chi connectivity index (χ0) is 45.8. The van der Waals surface area contributed by atoms with E-state index in [1.54, 1.807) is 0 Å². The van der Waals surface area contributed by atoms with Gasteiger partial charge in [-0.3, -0.25) is 83.4 Å². The number of rotatable bonds is 31. The molecule has 0 saturated heterocycles. The van der Waals surface area contributed by atoms with Gasteiger partial charge in [0.2, 0.25) is 0 Å². The monoisotopic (exact) mass is 906 g/mol. The Morgan fingerprint density at radius 1 is 0.271 bits per heavy atom. The predicted molar refractivity (Wildman–Crippen MR) is 177 cm³/mol. The molecule has 0 aliphatic carbocycles. The van der Waals surface area contributed by atoms with Gasteiger partial charge >= 0.3 is 0 Å². The summed E-state index contributed by atoms with van der Waals surface area (Å²) in [7, 11) is 0. The van der Waals surface area contributed by atoms with Gasteiger partial charge in [0.15, 0.2) is 0 Å². The summed E-state index contributed by atoms with van der Waals surface area (Å²) in [6.45, 7) is -65.0. The first-order valence-corrected chi connectivity index (χ1v) is 17.6. The molecule has 1 N–H and O–H groups in total. The minimum absolute atomic E-state index is 0.460. The molecule has 1 nitrogen and oxygen atoms in total. The van der Waals surface area contributed by atoms with Crippen LogP contribution in [0.5, 0.6) is 5.75 Å². The lowest BCUT2D eigenvalue weighted by Crippen LogP contribution is -2.81. The second-order valence-electron chi connectivity index (χ2n) is 15.3. The average Bonchev–Trinajstić information content (AvgIpc) is 3.29. The van der Waals surface area contributed by atoms with Gasteiger partial charge in [-0.05, 0) is 6.07 Å². The third kappa shape index (κ3) is 6.34. The number of halogens is 21. The van der Waals surface area contributed by atoms with E-state index in [1.165, 1.54) is 0 Å². The largest absolute Gasteiger partial charge is 0.508 e. The van der Waals surface area contributed by atoms with Gasteiger partial charge in [0.25, 0.3) is 0 Å². The third-order valence-corrected chi connectivity index (χ3v) is 14.6. The molecule has 0 aliphatic rings. The second-order valence-corrected chi connectivity index (χ2v) is 15.3. The smallest absolute Gasteiger partial charge is 0.119 e. The first kappa shape index (κ1) is 54.6. The van der Waals surface area contributed by atoms with E-state index in [0.29, 0.717) is 12.1 Å². The molecule has 1 aromatic rings. The molecule has 0 aromatic heterocycles. The number of alkyl halides is 21. The van der Waals surface area contributed by atoms with Gasteiger partial charge in [0, 0.05) is 32.6 Å². The molecule has 0 saturated carbocycles. The molecule has 0 radical (unpaired) electrons. The van der Waals surface area contributed by atoms with E-state index >= 15 is 79.0 Å². The van der Waals surface area contributed by atoms with Crippen molar-refractivity contribution in [2.45, 2.75) is 5.41 Å². The van der Waals surface area contributed by atoms with Gasteiger partial charge in [-0.1, -0.05) is 18.2 Å². The molecular formula is C37H47F21O. The number of para-hydroxylation sites is 1. The van der Waals surface area contributed by atoms with E-state index in [4.69, 9.17) is 0 Å². The molecule has 1 rings (SSSR count). The molecule has 0 aliphatic heterocycles. The Kier molecular flexibility index (Phi) is 19.5. The van der Waals surface area contributed by atoms with Crippen LogP contribution in [0, 0.1) is 48.7 Å². The highest BCUT2D eigenvalue weighted by atomic mass is 19.2. The third-order valence-electron chi connectivity index (χ3n) is 14.6. The van der Waals surface area contributed by atoms with E-state index in [2.05, 4.69) is 0 Å². The number of benzene rings is 1. The highest BCUT2D eigenvalue weighted by Crippen LogP contribution is 2.76. The van der Waals surface area contributed by atoms with Crippen LogP contribution in [0.4, 0.5) is 92.2 Å². The first-order valence-electron chi connectivity index (χ1n) is 17.6. The second kappa shape index (κ2) is 21.1. The number of aromatic hydroxyl groups is 1. The summed E-state index contributed by atoms with van der Waals surface area (Å²) in [5, 5.41) is 10.6. The Hall–Kier alpha value is -2.45. The summed E-state index contributed by atoms with van der Waals surface area (Å²) in [6, 6.07) is 2.70. The van der Waals surface area contributed by atoms with Gasteiger partial charge in [-0.25, -0.2) is 8.78 Å². The van der Waals surface area contributed by atoms with E-state index in [9.17, 15) is 18.3 Å². The molecule has 0 unspecified atom stereocenters. The molecule has 0 heterocycles. The molecule has 1 aromatic carbocycles. The first-order chi connectivity index (χ1) is 28.0. The Bertz CT molecular complexity index is 1350. The number of hydrogen-bond acceptors (Lipinski definition) is 1. The minimum atomic E-state index is -5.16. The maximum atomic E-state index is 16.3. The predicted octanol–water partition coefficient (Wildman–Crippen LogP) is 10.9. The van der Waals surface area contributed by atoms with Crippen LogP contribution in [0.3, 0.4) is 0 Å². The van der Waals surface area contributed by atoms with Gasteiger partial charge in [-0.15, -0.1) is 0 Å². The van der Waals surface area contributed by atoms with Crippen LogP contribution >= 0.6 is 0 Å². The van der Waals surface area contributed by atoms with Crippen molar-refractivity contribution in [3.63, 3.8) is 0 Å². The van der Waals surface area contributed by atoms with Crippen LogP contribution in [-0.2, 0) is 5.41 Å². The zero-order valence-electron chi connectivity index (χ0n) is 31.5. The van der Waals surface area contributed by atoms with E-state index in [1.807, 2.05) is 0 Å². The van der Waals surface area contributed by atoms with Crippen LogP contribution in [0.25, 0.3) is 0 Å². The van der Waals surface area contributed by atoms with Crippen molar-refractivity contribution >= 4 is 0 Å². The van der Waals surface area contributed by atoms with Gasteiger partial charge in [0.05, 0.1) is 134 Å². The molecular weight excluding hydrogens is 859 g/mol. The highest BCUT2D eigenvalue weighted by Gasteiger charge is 2.85. The summed E-state index contributed by atoms with van der Waals surface area (Å²) in [4.78, 5) is 0. The summed E-state index contributed by atoms with van der Waals surface area (Å²) in [5.41, 5.74) is -48.8. The van der Waals surface area contributed by atoms with Crippen molar-refractivity contribution in [2.24, 2.45) is 48.7 Å². The number of phenols is 1. The number of phenolic OH excluding ortho intramolecular Hbond substituents is 1. The summed E-state index contributed by atoms with van der Waals surface area (Å²) in [6.07, 6.45) is 0. The van der Waals surface area contributed by atoms with Crippen LogP contribution in [0.2, 0.25) is 0 Å². The lowest BCUT2D eigenvalue weighted by Gasteiger charge is -2.71. The van der Waals surface area contributed by atoms with Crippen LogP contribution in [0.1, 0.15) is 5.56 Å². The Morgan fingerprint density at radius 3 is 0.695 bits per heavy atom. The van der Waals surface area contributed by atoms with Crippen molar-refractivity contribution in [3.8, 4) is 5.75 Å². The van der Waals surface area contributed by atoms with Crippen LogP contribution < -0.4 is 0 Å². The van der Waals surface area contributed by atoms with Crippen molar-refractivity contribution in [1.82, 2.24) is 0 Å². The molecule has 0 bridgehead atoms. The fraction of sp³-hybridized carbons (Fsp3) is 0.838. The van der Waals surface area contributed by atoms with Gasteiger partial charge in [0.1, 0.15) is 39.1 Å². The SMILES string of the molecule is Oc1ccccc1C(CF)(CF)C(CF)(CF)C(CF)(CF)C(CF)(CF)C(CF)(CF)C(CF)(CF)C(CF)(CF)C(CF)(CF)C(CF)(CF)C(CF)(CF)CF. The van der Waals surface area contributed by atoms with Crippen molar-refractivity contribution in [1.29, 1.82) is 0 Å². The van der Waals surface area contributed by atoms with Crippen LogP contribution in [-0.4, -0.2) is 145 Å². The molecule has 348 valence electrons. The highest BCUT2D eigenvalue weighted by molar-refractivity contribution is 5.43. The van der Waals surface area contributed by atoms with E-state index < -0.39 is 206 Å². The Morgan fingerprint density at radius 2 is 0.492 bits per heavy atom. The minimum Gasteiger partial charge on any atom is -0.508 e. The standard InChI is InChI=1S/C37H47F21O/c38-5-28(6-39,7-40)30(10-43,11-44)32(14-47,15-48)34(18-51,19-52)36(22-55,23-56)37(24-57,25-58)35(20-53,21-54)33(16-49,17-50)31(12-45,13-46)29(8-41,9-42)26-3-1-2-4-27(26)59/h1-4,59H,5-25H2.